The second-order valence-electron chi connectivity index (χ2n) is 3.21. The molecule has 0 fully saturated rings. The van der Waals surface area contributed by atoms with Gasteiger partial charge in [0.1, 0.15) is 0 Å². The quantitative estimate of drug-likeness (QED) is 0.226. The first-order chi connectivity index (χ1) is 7.34. The topological polar surface area (TPSA) is 149 Å². The van der Waals surface area contributed by atoms with E-state index in [-0.39, 0.29) is 18.9 Å². The number of hydrogen-bond donors (Lipinski definition) is 6. The van der Waals surface area contributed by atoms with E-state index in [1.165, 1.54) is 0 Å². The summed E-state index contributed by atoms with van der Waals surface area (Å²) in [4.78, 5) is 21.4. The standard InChI is InChI=1S/C8H16N4O4/c1-4(13)12-6(7(15)16)5(14)2-3-11-8(9)10/h5-6,14H,2-3H2,1H3,(H,12,13)(H,15,16)(H4,9,10,11)/t5?,6-/m0/s1. The number of guanidine groups is 1. The monoisotopic (exact) mass is 232 g/mol. The molecule has 0 rings (SSSR count). The van der Waals surface area contributed by atoms with Crippen LogP contribution in [0.2, 0.25) is 0 Å². The van der Waals surface area contributed by atoms with Crippen molar-refractivity contribution in [3.8, 4) is 0 Å². The maximum Gasteiger partial charge on any atom is 0.328 e. The highest BCUT2D eigenvalue weighted by atomic mass is 16.4. The summed E-state index contributed by atoms with van der Waals surface area (Å²) >= 11 is 0. The van der Waals surface area contributed by atoms with Crippen LogP contribution in [0.4, 0.5) is 0 Å². The molecule has 0 aliphatic carbocycles. The second-order valence-corrected chi connectivity index (χ2v) is 3.21. The summed E-state index contributed by atoms with van der Waals surface area (Å²) in [5.41, 5.74) is 5.00. The summed E-state index contributed by atoms with van der Waals surface area (Å²) in [5, 5.41) is 29.6. The number of nitrogens with two attached hydrogens (primary N) is 1. The number of carboxylic acids is 1. The van der Waals surface area contributed by atoms with Crippen LogP contribution in [-0.2, 0) is 9.59 Å². The van der Waals surface area contributed by atoms with Crippen molar-refractivity contribution >= 4 is 17.8 Å². The number of aliphatic hydroxyl groups is 1. The average molecular weight is 232 g/mol. The van der Waals surface area contributed by atoms with Gasteiger partial charge in [-0.2, -0.15) is 0 Å². The molecule has 0 aromatic rings. The molecule has 0 aliphatic heterocycles. The number of aliphatic hydroxyl groups excluding tert-OH is 1. The fourth-order valence-corrected chi connectivity index (χ4v) is 1.06. The van der Waals surface area contributed by atoms with Crippen molar-refractivity contribution in [1.82, 2.24) is 10.6 Å². The largest absolute Gasteiger partial charge is 0.480 e. The summed E-state index contributed by atoms with van der Waals surface area (Å²) in [6.45, 7) is 1.32. The first kappa shape index (κ1) is 14.2. The van der Waals surface area contributed by atoms with Crippen LogP contribution in [0.1, 0.15) is 13.3 Å². The van der Waals surface area contributed by atoms with E-state index in [0.717, 1.165) is 6.92 Å². The maximum atomic E-state index is 10.7. The smallest absolute Gasteiger partial charge is 0.328 e. The molecule has 16 heavy (non-hydrogen) atoms. The third kappa shape index (κ3) is 5.81. The second kappa shape index (κ2) is 6.62. The number of amides is 1. The highest BCUT2D eigenvalue weighted by Gasteiger charge is 2.26. The minimum atomic E-state index is -1.36. The molecular weight excluding hydrogens is 216 g/mol. The Morgan fingerprint density at radius 2 is 2.06 bits per heavy atom. The van der Waals surface area contributed by atoms with Gasteiger partial charge in [-0.1, -0.05) is 0 Å². The molecule has 2 atom stereocenters. The lowest BCUT2D eigenvalue weighted by molar-refractivity contribution is -0.144. The SMILES string of the molecule is CC(=O)N[C@H](C(=O)O)C(O)CCNC(=N)N. The van der Waals surface area contributed by atoms with Gasteiger partial charge in [0.2, 0.25) is 5.91 Å². The zero-order chi connectivity index (χ0) is 12.7. The van der Waals surface area contributed by atoms with Crippen LogP contribution in [0, 0.1) is 5.41 Å². The molecule has 0 heterocycles. The van der Waals surface area contributed by atoms with Gasteiger partial charge in [0.25, 0.3) is 0 Å². The molecule has 92 valence electrons. The molecule has 0 saturated carbocycles. The average Bonchev–Trinajstić information content (AvgIpc) is 2.12. The molecule has 8 heteroatoms. The predicted molar refractivity (Wildman–Crippen MR) is 55.8 cm³/mol. The van der Waals surface area contributed by atoms with Crippen molar-refractivity contribution in [3.05, 3.63) is 0 Å². The van der Waals surface area contributed by atoms with E-state index >= 15 is 0 Å². The van der Waals surface area contributed by atoms with Crippen molar-refractivity contribution in [3.63, 3.8) is 0 Å². The van der Waals surface area contributed by atoms with Gasteiger partial charge in [0.15, 0.2) is 12.0 Å². The van der Waals surface area contributed by atoms with E-state index < -0.39 is 24.0 Å². The Morgan fingerprint density at radius 1 is 1.50 bits per heavy atom. The molecule has 0 aromatic carbocycles. The van der Waals surface area contributed by atoms with E-state index in [4.69, 9.17) is 16.2 Å². The molecule has 0 bridgehead atoms. The molecule has 8 nitrogen and oxygen atoms in total. The van der Waals surface area contributed by atoms with E-state index in [1.54, 1.807) is 0 Å². The zero-order valence-corrected chi connectivity index (χ0v) is 8.86. The summed E-state index contributed by atoms with van der Waals surface area (Å²) < 4.78 is 0. The van der Waals surface area contributed by atoms with Crippen LogP contribution in [0.5, 0.6) is 0 Å². The lowest BCUT2D eigenvalue weighted by Crippen LogP contribution is -2.49. The Labute approximate surface area is 92.3 Å². The minimum absolute atomic E-state index is 0.0524. The van der Waals surface area contributed by atoms with E-state index in [0.29, 0.717) is 0 Å². The van der Waals surface area contributed by atoms with Gasteiger partial charge in [-0.15, -0.1) is 0 Å². The first-order valence-electron chi connectivity index (χ1n) is 4.60. The van der Waals surface area contributed by atoms with Crippen molar-refractivity contribution in [1.29, 1.82) is 5.41 Å². The summed E-state index contributed by atoms with van der Waals surface area (Å²) in [6.07, 6.45) is -1.19. The fraction of sp³-hybridized carbons (Fsp3) is 0.625. The molecular formula is C8H16N4O4. The van der Waals surface area contributed by atoms with Crippen LogP contribution in [-0.4, -0.2) is 46.7 Å². The third-order valence-corrected chi connectivity index (χ3v) is 1.77. The van der Waals surface area contributed by atoms with Gasteiger partial charge in [-0.3, -0.25) is 10.2 Å². The van der Waals surface area contributed by atoms with Crippen LogP contribution < -0.4 is 16.4 Å². The number of carbonyl (C=O) groups excluding carboxylic acids is 1. The van der Waals surface area contributed by atoms with E-state index in [9.17, 15) is 14.7 Å². The Bertz CT molecular complexity index is 281. The highest BCUT2D eigenvalue weighted by molar-refractivity contribution is 5.82. The molecule has 0 saturated heterocycles. The third-order valence-electron chi connectivity index (χ3n) is 1.77. The van der Waals surface area contributed by atoms with Gasteiger partial charge in [0.05, 0.1) is 6.10 Å². The van der Waals surface area contributed by atoms with Crippen molar-refractivity contribution < 1.29 is 19.8 Å². The van der Waals surface area contributed by atoms with Crippen molar-refractivity contribution in [2.75, 3.05) is 6.54 Å². The van der Waals surface area contributed by atoms with E-state index in [2.05, 4.69) is 10.6 Å². The molecule has 1 unspecified atom stereocenters. The molecule has 0 aliphatic rings. The zero-order valence-electron chi connectivity index (χ0n) is 8.86. The van der Waals surface area contributed by atoms with Crippen molar-refractivity contribution in [2.45, 2.75) is 25.5 Å². The fourth-order valence-electron chi connectivity index (χ4n) is 1.06. The van der Waals surface area contributed by atoms with Gasteiger partial charge in [-0.05, 0) is 6.42 Å². The summed E-state index contributed by atoms with van der Waals surface area (Å²) in [7, 11) is 0. The Kier molecular flexibility index (Phi) is 5.86. The normalized spacial score (nSPS) is 13.6. The Balaban J connectivity index is 4.16. The molecule has 0 aromatic heterocycles. The number of carbonyl (C=O) groups is 2. The lowest BCUT2D eigenvalue weighted by atomic mass is 10.1. The molecule has 1 amide bonds. The number of aliphatic carboxylic acids is 1. The number of carboxylic acid groups (broad SMARTS) is 1. The van der Waals surface area contributed by atoms with E-state index in [1.807, 2.05) is 0 Å². The Morgan fingerprint density at radius 3 is 2.44 bits per heavy atom. The summed E-state index contributed by atoms with van der Waals surface area (Å²) in [5.74, 6) is -2.12. The van der Waals surface area contributed by atoms with Gasteiger partial charge >= 0.3 is 5.97 Å². The molecule has 0 radical (unpaired) electrons. The van der Waals surface area contributed by atoms with Crippen LogP contribution in [0.15, 0.2) is 0 Å². The molecule has 7 N–H and O–H groups in total. The number of rotatable bonds is 6. The Hall–Kier alpha value is -1.83. The van der Waals surface area contributed by atoms with Gasteiger partial charge in [0, 0.05) is 13.5 Å². The van der Waals surface area contributed by atoms with Gasteiger partial charge in [-0.25, -0.2) is 4.79 Å². The van der Waals surface area contributed by atoms with Crippen molar-refractivity contribution in [2.24, 2.45) is 5.73 Å². The highest BCUT2D eigenvalue weighted by Crippen LogP contribution is 1.99. The number of nitrogens with one attached hydrogen (secondary N) is 3. The minimum Gasteiger partial charge on any atom is -0.480 e. The van der Waals surface area contributed by atoms with Gasteiger partial charge < -0.3 is 26.6 Å². The lowest BCUT2D eigenvalue weighted by Gasteiger charge is -2.19. The summed E-state index contributed by atoms with van der Waals surface area (Å²) in [6, 6.07) is -1.36. The van der Waals surface area contributed by atoms with Crippen LogP contribution >= 0.6 is 0 Å². The van der Waals surface area contributed by atoms with Crippen LogP contribution in [0.3, 0.4) is 0 Å². The predicted octanol–water partition coefficient (Wildman–Crippen LogP) is -2.19. The first-order valence-corrected chi connectivity index (χ1v) is 4.60. The number of hydrogen-bond acceptors (Lipinski definition) is 4. The maximum absolute atomic E-state index is 10.7. The molecule has 0 spiro atoms. The van der Waals surface area contributed by atoms with Crippen LogP contribution in [0.25, 0.3) is 0 Å².